The number of amides is 1. The minimum atomic E-state index is -0.239. The number of fused-ring (bicyclic) bond motifs is 1. The number of likely N-dealkylation sites (tertiary alicyclic amines) is 1. The molecule has 2 heterocycles. The summed E-state index contributed by atoms with van der Waals surface area (Å²) in [7, 11) is 0. The molecule has 2 aromatic carbocycles. The summed E-state index contributed by atoms with van der Waals surface area (Å²) >= 11 is 3.16. The first-order valence-electron chi connectivity index (χ1n) is 9.77. The molecule has 0 aliphatic carbocycles. The zero-order valence-electron chi connectivity index (χ0n) is 16.3. The Balaban J connectivity index is 1.22. The minimum absolute atomic E-state index is 0.105. The highest BCUT2D eigenvalue weighted by molar-refractivity contribution is 7.99. The van der Waals surface area contributed by atoms with E-state index < -0.39 is 0 Å². The van der Waals surface area contributed by atoms with E-state index in [1.54, 1.807) is 35.2 Å². The second-order valence-corrected chi connectivity index (χ2v) is 9.31. The van der Waals surface area contributed by atoms with E-state index in [0.29, 0.717) is 25.3 Å². The first kappa shape index (κ1) is 20.2. The number of halogens is 1. The number of aryl methyl sites for hydroxylation is 1. The van der Waals surface area contributed by atoms with Crippen LogP contribution in [0.4, 0.5) is 4.39 Å². The van der Waals surface area contributed by atoms with Gasteiger partial charge in [0.05, 0.1) is 10.2 Å². The molecule has 3 aromatic rings. The molecule has 0 spiro atoms. The van der Waals surface area contributed by atoms with E-state index in [-0.39, 0.29) is 17.8 Å². The molecule has 4 rings (SSSR count). The maximum atomic E-state index is 12.9. The highest BCUT2D eigenvalue weighted by Gasteiger charge is 2.24. The SMILES string of the molecule is Cc1cccc2sc(OC3CCN(C(=O)CCSc4ccc(F)cc4)CC3)nc12. The van der Waals surface area contributed by atoms with Crippen LogP contribution in [-0.2, 0) is 4.79 Å². The van der Waals surface area contributed by atoms with Crippen molar-refractivity contribution < 1.29 is 13.9 Å². The summed E-state index contributed by atoms with van der Waals surface area (Å²) in [5.41, 5.74) is 2.17. The highest BCUT2D eigenvalue weighted by atomic mass is 32.2. The minimum Gasteiger partial charge on any atom is -0.467 e. The number of para-hydroxylation sites is 1. The summed E-state index contributed by atoms with van der Waals surface area (Å²) in [4.78, 5) is 20.0. The summed E-state index contributed by atoms with van der Waals surface area (Å²) in [6.45, 7) is 3.49. The molecule has 1 aliphatic heterocycles. The number of hydrogen-bond donors (Lipinski definition) is 0. The highest BCUT2D eigenvalue weighted by Crippen LogP contribution is 2.31. The van der Waals surface area contributed by atoms with Gasteiger partial charge in [-0.2, -0.15) is 0 Å². The summed E-state index contributed by atoms with van der Waals surface area (Å²) in [6, 6.07) is 12.6. The fourth-order valence-electron chi connectivity index (χ4n) is 3.43. The van der Waals surface area contributed by atoms with Gasteiger partial charge in [-0.15, -0.1) is 11.8 Å². The van der Waals surface area contributed by atoms with Crippen LogP contribution in [0.1, 0.15) is 24.8 Å². The molecule has 29 heavy (non-hydrogen) atoms. The van der Waals surface area contributed by atoms with E-state index >= 15 is 0 Å². The third-order valence-corrected chi connectivity index (χ3v) is 6.99. The van der Waals surface area contributed by atoms with E-state index in [4.69, 9.17) is 4.74 Å². The maximum Gasteiger partial charge on any atom is 0.274 e. The van der Waals surface area contributed by atoms with Gasteiger partial charge >= 0.3 is 0 Å². The average molecular weight is 431 g/mol. The zero-order valence-corrected chi connectivity index (χ0v) is 17.9. The molecule has 0 radical (unpaired) electrons. The molecule has 1 fully saturated rings. The van der Waals surface area contributed by atoms with Gasteiger partial charge in [-0.25, -0.2) is 9.37 Å². The van der Waals surface area contributed by atoms with Crippen molar-refractivity contribution in [2.24, 2.45) is 0 Å². The Hall–Kier alpha value is -2.12. The molecule has 152 valence electrons. The molecule has 0 atom stereocenters. The van der Waals surface area contributed by atoms with Crippen molar-refractivity contribution in [2.45, 2.75) is 37.2 Å². The van der Waals surface area contributed by atoms with Gasteiger partial charge in [0, 0.05) is 43.0 Å². The number of benzene rings is 2. The van der Waals surface area contributed by atoms with Gasteiger partial charge in [-0.05, 0) is 42.8 Å². The third-order valence-electron chi connectivity index (χ3n) is 5.06. The molecule has 7 heteroatoms. The number of thioether (sulfide) groups is 1. The van der Waals surface area contributed by atoms with Crippen LogP contribution >= 0.6 is 23.1 Å². The van der Waals surface area contributed by atoms with Crippen LogP contribution in [0.3, 0.4) is 0 Å². The molecular weight excluding hydrogens is 407 g/mol. The van der Waals surface area contributed by atoms with Crippen LogP contribution in [0.25, 0.3) is 10.2 Å². The van der Waals surface area contributed by atoms with Crippen LogP contribution in [-0.4, -0.2) is 40.7 Å². The van der Waals surface area contributed by atoms with Crippen molar-refractivity contribution >= 4 is 39.2 Å². The van der Waals surface area contributed by atoms with Crippen molar-refractivity contribution in [3.8, 4) is 5.19 Å². The third kappa shape index (κ3) is 5.08. The van der Waals surface area contributed by atoms with Gasteiger partial charge in [-0.1, -0.05) is 23.5 Å². The van der Waals surface area contributed by atoms with Gasteiger partial charge in [0.25, 0.3) is 5.19 Å². The van der Waals surface area contributed by atoms with E-state index in [0.717, 1.165) is 38.7 Å². The fraction of sp³-hybridized carbons (Fsp3) is 0.364. The normalized spacial score (nSPS) is 15.0. The van der Waals surface area contributed by atoms with Gasteiger partial charge in [-0.3, -0.25) is 4.79 Å². The van der Waals surface area contributed by atoms with Crippen LogP contribution < -0.4 is 4.74 Å². The second-order valence-electron chi connectivity index (χ2n) is 7.15. The molecular formula is C22H23FN2O2S2. The summed E-state index contributed by atoms with van der Waals surface area (Å²) in [5.74, 6) is 0.636. The molecule has 1 amide bonds. The smallest absolute Gasteiger partial charge is 0.274 e. The summed E-state index contributed by atoms with van der Waals surface area (Å²) < 4.78 is 20.2. The Morgan fingerprint density at radius 1 is 1.24 bits per heavy atom. The Labute approximate surface area is 178 Å². The number of hydrogen-bond acceptors (Lipinski definition) is 5. The molecule has 1 aromatic heterocycles. The lowest BCUT2D eigenvalue weighted by molar-refractivity contribution is -0.132. The predicted octanol–water partition coefficient (Wildman–Crippen LogP) is 5.30. The predicted molar refractivity (Wildman–Crippen MR) is 116 cm³/mol. The van der Waals surface area contributed by atoms with Crippen molar-refractivity contribution in [1.29, 1.82) is 0 Å². The lowest BCUT2D eigenvalue weighted by Crippen LogP contribution is -2.41. The standard InChI is InChI=1S/C22H23FN2O2S2/c1-15-3-2-4-19-21(15)24-22(29-19)27-17-9-12-25(13-10-17)20(26)11-14-28-18-7-5-16(23)6-8-18/h2-8,17H,9-14H2,1H3. The molecule has 0 unspecified atom stereocenters. The average Bonchev–Trinajstić information content (AvgIpc) is 3.14. The topological polar surface area (TPSA) is 42.4 Å². The Morgan fingerprint density at radius 2 is 2.00 bits per heavy atom. The lowest BCUT2D eigenvalue weighted by atomic mass is 10.1. The lowest BCUT2D eigenvalue weighted by Gasteiger charge is -2.31. The maximum absolute atomic E-state index is 12.9. The first-order chi connectivity index (χ1) is 14.1. The summed E-state index contributed by atoms with van der Waals surface area (Å²) in [6.07, 6.45) is 2.25. The van der Waals surface area contributed by atoms with Gasteiger partial charge in [0.15, 0.2) is 0 Å². The number of carbonyl (C=O) groups is 1. The second kappa shape index (κ2) is 9.13. The van der Waals surface area contributed by atoms with E-state index in [9.17, 15) is 9.18 Å². The Kier molecular flexibility index (Phi) is 6.35. The van der Waals surface area contributed by atoms with Crippen LogP contribution in [0, 0.1) is 12.7 Å². The van der Waals surface area contributed by atoms with Gasteiger partial charge in [0.2, 0.25) is 5.91 Å². The fourth-order valence-corrected chi connectivity index (χ4v) is 5.23. The van der Waals surface area contributed by atoms with Crippen LogP contribution in [0.15, 0.2) is 47.4 Å². The quantitative estimate of drug-likeness (QED) is 0.498. The van der Waals surface area contributed by atoms with Crippen molar-refractivity contribution in [2.75, 3.05) is 18.8 Å². The van der Waals surface area contributed by atoms with Crippen LogP contribution in [0.2, 0.25) is 0 Å². The number of carbonyl (C=O) groups excluding carboxylic acids is 1. The van der Waals surface area contributed by atoms with E-state index in [1.807, 2.05) is 11.0 Å². The van der Waals surface area contributed by atoms with Gasteiger partial charge in [0.1, 0.15) is 11.9 Å². The van der Waals surface area contributed by atoms with Crippen molar-refractivity contribution in [1.82, 2.24) is 9.88 Å². The number of thiazole rings is 1. The molecule has 1 saturated heterocycles. The zero-order chi connectivity index (χ0) is 20.2. The van der Waals surface area contributed by atoms with Crippen molar-refractivity contribution in [3.05, 3.63) is 53.8 Å². The molecule has 1 aliphatic rings. The first-order valence-corrected chi connectivity index (χ1v) is 11.6. The number of rotatable bonds is 6. The molecule has 4 nitrogen and oxygen atoms in total. The van der Waals surface area contributed by atoms with Crippen LogP contribution in [0.5, 0.6) is 5.19 Å². The molecule has 0 N–H and O–H groups in total. The Morgan fingerprint density at radius 3 is 2.72 bits per heavy atom. The largest absolute Gasteiger partial charge is 0.467 e. The Bertz CT molecular complexity index is 982. The van der Waals surface area contributed by atoms with Crippen molar-refractivity contribution in [3.63, 3.8) is 0 Å². The monoisotopic (exact) mass is 430 g/mol. The molecule has 0 saturated carbocycles. The van der Waals surface area contributed by atoms with E-state index in [1.165, 1.54) is 12.1 Å². The number of nitrogens with zero attached hydrogens (tertiary/aromatic N) is 2. The van der Waals surface area contributed by atoms with E-state index in [2.05, 4.69) is 24.0 Å². The van der Waals surface area contributed by atoms with Gasteiger partial charge < -0.3 is 9.64 Å². The summed E-state index contributed by atoms with van der Waals surface area (Å²) in [5, 5.41) is 0.717. The number of ether oxygens (including phenoxy) is 1. The number of piperidine rings is 1. The molecule has 0 bridgehead atoms. The number of aromatic nitrogens is 1.